The normalized spacial score (nSPS) is 12.2. The number of aliphatic hydroxyl groups is 1. The second-order valence-corrected chi connectivity index (χ2v) is 4.33. The molecule has 0 aromatic heterocycles. The van der Waals surface area contributed by atoms with Gasteiger partial charge >= 0.3 is 0 Å². The second kappa shape index (κ2) is 6.25. The number of aromatic hydroxyl groups is 1. The number of aryl methyl sites for hydroxylation is 1. The maximum absolute atomic E-state index is 11.7. The van der Waals surface area contributed by atoms with E-state index in [4.69, 9.17) is 5.11 Å². The van der Waals surface area contributed by atoms with Crippen molar-refractivity contribution in [2.24, 2.45) is 5.92 Å². The molecule has 1 unspecified atom stereocenters. The summed E-state index contributed by atoms with van der Waals surface area (Å²) in [4.78, 5) is 11.7. The highest BCUT2D eigenvalue weighted by Crippen LogP contribution is 2.17. The minimum atomic E-state index is -0.204. The van der Waals surface area contributed by atoms with Gasteiger partial charge in [0.15, 0.2) is 0 Å². The fourth-order valence-corrected chi connectivity index (χ4v) is 1.44. The Labute approximate surface area is 101 Å². The quantitative estimate of drug-likeness (QED) is 0.726. The van der Waals surface area contributed by atoms with Crippen LogP contribution in [-0.2, 0) is 0 Å². The first kappa shape index (κ1) is 13.5. The molecule has 17 heavy (non-hydrogen) atoms. The van der Waals surface area contributed by atoms with E-state index in [0.29, 0.717) is 18.5 Å². The first-order chi connectivity index (χ1) is 8.04. The van der Waals surface area contributed by atoms with E-state index in [1.807, 2.05) is 6.92 Å². The maximum atomic E-state index is 11.7. The van der Waals surface area contributed by atoms with Gasteiger partial charge in [-0.25, -0.2) is 0 Å². The third-order valence-corrected chi connectivity index (χ3v) is 2.70. The van der Waals surface area contributed by atoms with Gasteiger partial charge in [0.25, 0.3) is 5.91 Å². The highest BCUT2D eigenvalue weighted by atomic mass is 16.3. The Morgan fingerprint density at radius 2 is 2.18 bits per heavy atom. The molecule has 0 fully saturated rings. The van der Waals surface area contributed by atoms with Gasteiger partial charge in [0, 0.05) is 18.7 Å². The number of carbonyl (C=O) groups excluding carboxylic acids is 1. The Morgan fingerprint density at radius 3 is 2.76 bits per heavy atom. The summed E-state index contributed by atoms with van der Waals surface area (Å²) in [6, 6.07) is 4.85. The Balaban J connectivity index is 2.55. The fourth-order valence-electron chi connectivity index (χ4n) is 1.44. The summed E-state index contributed by atoms with van der Waals surface area (Å²) >= 11 is 0. The highest BCUT2D eigenvalue weighted by Gasteiger charge is 2.09. The van der Waals surface area contributed by atoms with Crippen molar-refractivity contribution < 1.29 is 15.0 Å². The lowest BCUT2D eigenvalue weighted by Crippen LogP contribution is -2.28. The molecule has 4 heteroatoms. The zero-order chi connectivity index (χ0) is 12.8. The number of nitrogens with one attached hydrogen (secondary N) is 1. The monoisotopic (exact) mass is 237 g/mol. The number of phenolic OH excluding ortho intramolecular Hbond substituents is 1. The van der Waals surface area contributed by atoms with E-state index >= 15 is 0 Å². The zero-order valence-corrected chi connectivity index (χ0v) is 10.2. The number of phenols is 1. The second-order valence-electron chi connectivity index (χ2n) is 4.33. The first-order valence-corrected chi connectivity index (χ1v) is 5.73. The molecule has 1 aromatic rings. The van der Waals surface area contributed by atoms with Crippen LogP contribution in [-0.4, -0.2) is 29.3 Å². The molecule has 0 aliphatic heterocycles. The molecule has 1 atom stereocenters. The summed E-state index contributed by atoms with van der Waals surface area (Å²) in [5.74, 6) is 0.161. The smallest absolute Gasteiger partial charge is 0.251 e. The molecule has 0 spiro atoms. The number of hydrogen-bond acceptors (Lipinski definition) is 3. The number of carbonyl (C=O) groups is 1. The average molecular weight is 237 g/mol. The van der Waals surface area contributed by atoms with Crippen LogP contribution in [0.5, 0.6) is 5.75 Å². The molecular formula is C13H19NO3. The predicted molar refractivity (Wildman–Crippen MR) is 66.0 cm³/mol. The zero-order valence-electron chi connectivity index (χ0n) is 10.2. The lowest BCUT2D eigenvalue weighted by molar-refractivity contribution is 0.0945. The minimum Gasteiger partial charge on any atom is -0.508 e. The first-order valence-electron chi connectivity index (χ1n) is 5.73. The third kappa shape index (κ3) is 4.07. The van der Waals surface area contributed by atoms with Crippen LogP contribution < -0.4 is 5.32 Å². The lowest BCUT2D eigenvalue weighted by Gasteiger charge is -2.11. The van der Waals surface area contributed by atoms with Gasteiger partial charge < -0.3 is 15.5 Å². The number of amides is 1. The minimum absolute atomic E-state index is 0.126. The van der Waals surface area contributed by atoms with Crippen LogP contribution in [0.4, 0.5) is 0 Å². The van der Waals surface area contributed by atoms with Gasteiger partial charge in [-0.1, -0.05) is 13.0 Å². The van der Waals surface area contributed by atoms with E-state index in [-0.39, 0.29) is 24.2 Å². The van der Waals surface area contributed by atoms with Crippen LogP contribution in [0.2, 0.25) is 0 Å². The molecule has 1 rings (SSSR count). The Bertz CT molecular complexity index is 390. The Hall–Kier alpha value is -1.55. The molecule has 3 N–H and O–H groups in total. The van der Waals surface area contributed by atoms with Gasteiger partial charge in [-0.05, 0) is 37.0 Å². The van der Waals surface area contributed by atoms with Crippen LogP contribution in [0.25, 0.3) is 0 Å². The maximum Gasteiger partial charge on any atom is 0.251 e. The summed E-state index contributed by atoms with van der Waals surface area (Å²) in [5, 5.41) is 21.0. The van der Waals surface area contributed by atoms with Crippen molar-refractivity contribution in [3.05, 3.63) is 29.3 Å². The number of aliphatic hydroxyl groups excluding tert-OH is 1. The number of benzene rings is 1. The highest BCUT2D eigenvalue weighted by molar-refractivity contribution is 5.94. The molecule has 1 amide bonds. The van der Waals surface area contributed by atoms with E-state index in [1.54, 1.807) is 19.1 Å². The molecule has 0 aliphatic rings. The van der Waals surface area contributed by atoms with Crippen LogP contribution in [0, 0.1) is 12.8 Å². The summed E-state index contributed by atoms with van der Waals surface area (Å²) in [6.45, 7) is 4.39. The van der Waals surface area contributed by atoms with Crippen LogP contribution >= 0.6 is 0 Å². The van der Waals surface area contributed by atoms with E-state index in [2.05, 4.69) is 5.32 Å². The van der Waals surface area contributed by atoms with Crippen LogP contribution in [0.1, 0.15) is 29.3 Å². The number of rotatable bonds is 5. The van der Waals surface area contributed by atoms with E-state index in [1.165, 1.54) is 6.07 Å². The summed E-state index contributed by atoms with van der Waals surface area (Å²) < 4.78 is 0. The van der Waals surface area contributed by atoms with Gasteiger partial charge in [0.1, 0.15) is 5.75 Å². The van der Waals surface area contributed by atoms with E-state index in [9.17, 15) is 9.90 Å². The molecule has 94 valence electrons. The van der Waals surface area contributed by atoms with Gasteiger partial charge in [0.05, 0.1) is 0 Å². The third-order valence-electron chi connectivity index (χ3n) is 2.70. The SMILES string of the molecule is Cc1ccc(C(=O)NCC(C)CCO)cc1O. The summed E-state index contributed by atoms with van der Waals surface area (Å²) in [5.41, 5.74) is 1.19. The molecular weight excluding hydrogens is 218 g/mol. The van der Waals surface area contributed by atoms with Crippen LogP contribution in [0.15, 0.2) is 18.2 Å². The average Bonchev–Trinajstić information content (AvgIpc) is 2.30. The standard InChI is InChI=1S/C13H19NO3/c1-9(5-6-15)8-14-13(17)11-4-3-10(2)12(16)7-11/h3-4,7,9,15-16H,5-6,8H2,1-2H3,(H,14,17). The Morgan fingerprint density at radius 1 is 1.47 bits per heavy atom. The molecule has 0 bridgehead atoms. The Kier molecular flexibility index (Phi) is 4.97. The van der Waals surface area contributed by atoms with Crippen molar-refractivity contribution in [2.45, 2.75) is 20.3 Å². The predicted octanol–water partition coefficient (Wildman–Crippen LogP) is 1.45. The molecule has 0 saturated heterocycles. The molecule has 0 aliphatic carbocycles. The number of hydrogen-bond donors (Lipinski definition) is 3. The molecule has 4 nitrogen and oxygen atoms in total. The largest absolute Gasteiger partial charge is 0.508 e. The molecule has 0 radical (unpaired) electrons. The summed E-state index contributed by atoms with van der Waals surface area (Å²) in [7, 11) is 0. The molecule has 0 heterocycles. The van der Waals surface area contributed by atoms with Crippen molar-refractivity contribution in [1.29, 1.82) is 0 Å². The van der Waals surface area contributed by atoms with Crippen molar-refractivity contribution in [3.8, 4) is 5.75 Å². The van der Waals surface area contributed by atoms with E-state index < -0.39 is 0 Å². The summed E-state index contributed by atoms with van der Waals surface area (Å²) in [6.07, 6.45) is 0.666. The van der Waals surface area contributed by atoms with Gasteiger partial charge in [0.2, 0.25) is 0 Å². The van der Waals surface area contributed by atoms with Crippen molar-refractivity contribution in [1.82, 2.24) is 5.32 Å². The topological polar surface area (TPSA) is 69.6 Å². The molecule has 0 saturated carbocycles. The van der Waals surface area contributed by atoms with Crippen LogP contribution in [0.3, 0.4) is 0 Å². The van der Waals surface area contributed by atoms with Gasteiger partial charge in [-0.3, -0.25) is 4.79 Å². The lowest BCUT2D eigenvalue weighted by atomic mass is 10.1. The van der Waals surface area contributed by atoms with E-state index in [0.717, 1.165) is 5.56 Å². The fraction of sp³-hybridized carbons (Fsp3) is 0.462. The van der Waals surface area contributed by atoms with Gasteiger partial charge in [-0.2, -0.15) is 0 Å². The van der Waals surface area contributed by atoms with Gasteiger partial charge in [-0.15, -0.1) is 0 Å². The van der Waals surface area contributed by atoms with Crippen molar-refractivity contribution in [3.63, 3.8) is 0 Å². The van der Waals surface area contributed by atoms with Crippen molar-refractivity contribution in [2.75, 3.05) is 13.2 Å². The van der Waals surface area contributed by atoms with Crippen molar-refractivity contribution >= 4 is 5.91 Å². The molecule has 1 aromatic carbocycles.